The second-order valence-corrected chi connectivity index (χ2v) is 4.59. The van der Waals surface area contributed by atoms with E-state index in [0.717, 1.165) is 4.85 Å². The van der Waals surface area contributed by atoms with Crippen molar-refractivity contribution in [3.8, 4) is 0 Å². The summed E-state index contributed by atoms with van der Waals surface area (Å²) in [5.74, 6) is 0. The third kappa shape index (κ3) is 2.90. The van der Waals surface area contributed by atoms with Gasteiger partial charge in [0.25, 0.3) is 11.4 Å². The summed E-state index contributed by atoms with van der Waals surface area (Å²) in [6.45, 7) is 0.0825. The quantitative estimate of drug-likeness (QED) is 0.519. The normalized spacial score (nSPS) is 10.6. The molecule has 0 radical (unpaired) electrons. The molecule has 0 aliphatic heterocycles. The van der Waals surface area contributed by atoms with Crippen LogP contribution in [0.2, 0.25) is 0 Å². The van der Waals surface area contributed by atoms with Crippen LogP contribution in [-0.4, -0.2) is 25.0 Å². The molecule has 10 heteroatoms. The molecule has 0 bridgehead atoms. The number of fused-ring (bicyclic) bond motifs is 1. The summed E-state index contributed by atoms with van der Waals surface area (Å²) >= 11 is 0. The highest BCUT2D eigenvalue weighted by Crippen LogP contribution is 2.18. The number of benzene rings is 2. The lowest BCUT2D eigenvalue weighted by molar-refractivity contribution is -0.385. The van der Waals surface area contributed by atoms with Crippen molar-refractivity contribution in [2.75, 3.05) is 0 Å². The zero-order chi connectivity index (χ0) is 16.4. The van der Waals surface area contributed by atoms with Crippen LogP contribution in [0.4, 0.5) is 11.4 Å². The Morgan fingerprint density at radius 2 is 1.65 bits per heavy atom. The van der Waals surface area contributed by atoms with E-state index < -0.39 is 9.85 Å². The zero-order valence-corrected chi connectivity index (χ0v) is 11.5. The van der Waals surface area contributed by atoms with Crippen LogP contribution in [0.1, 0.15) is 5.56 Å². The summed E-state index contributed by atoms with van der Waals surface area (Å²) in [5.41, 5.74) is 1.39. The monoisotopic (exact) mass is 315 g/mol. The number of rotatable bonds is 5. The number of non-ortho nitro benzene ring substituents is 2. The van der Waals surface area contributed by atoms with Gasteiger partial charge in [-0.05, 0) is 29.0 Å². The molecule has 0 aliphatic carbocycles. The van der Waals surface area contributed by atoms with Gasteiger partial charge in [-0.2, -0.15) is 0 Å². The zero-order valence-electron chi connectivity index (χ0n) is 11.5. The molecule has 0 aliphatic rings. The van der Waals surface area contributed by atoms with Crippen molar-refractivity contribution in [2.24, 2.45) is 0 Å². The highest BCUT2D eigenvalue weighted by molar-refractivity contribution is 5.76. The lowest BCUT2D eigenvalue weighted by atomic mass is 10.2. The number of nitro benzene ring substituents is 2. The standard InChI is InChI=1S/C13H9N5O5/c19-17(20)10-3-1-9(2-4-10)8-23-16-13-7-11(18(21)22)5-6-12(13)14-15-16/h1-7H,8H2. The van der Waals surface area contributed by atoms with Crippen LogP contribution in [0.3, 0.4) is 0 Å². The van der Waals surface area contributed by atoms with Crippen molar-refractivity contribution >= 4 is 22.4 Å². The van der Waals surface area contributed by atoms with Crippen LogP contribution < -0.4 is 4.84 Å². The fourth-order valence-corrected chi connectivity index (χ4v) is 1.95. The van der Waals surface area contributed by atoms with Gasteiger partial charge >= 0.3 is 0 Å². The Hall–Kier alpha value is -3.56. The maximum atomic E-state index is 10.8. The molecular weight excluding hydrogens is 306 g/mol. The van der Waals surface area contributed by atoms with Crippen LogP contribution in [0.15, 0.2) is 42.5 Å². The molecule has 1 heterocycles. The molecule has 3 aromatic rings. The number of nitro groups is 2. The van der Waals surface area contributed by atoms with Crippen molar-refractivity contribution < 1.29 is 14.7 Å². The highest BCUT2D eigenvalue weighted by Gasteiger charge is 2.12. The van der Waals surface area contributed by atoms with Crippen LogP contribution in [0.25, 0.3) is 11.0 Å². The van der Waals surface area contributed by atoms with Crippen molar-refractivity contribution in [3.63, 3.8) is 0 Å². The van der Waals surface area contributed by atoms with Gasteiger partial charge in [0.05, 0.1) is 9.85 Å². The van der Waals surface area contributed by atoms with E-state index in [1.807, 2.05) is 0 Å². The molecule has 3 rings (SSSR count). The second kappa shape index (κ2) is 5.67. The summed E-state index contributed by atoms with van der Waals surface area (Å²) in [5, 5.41) is 29.0. The Morgan fingerprint density at radius 1 is 1.00 bits per heavy atom. The third-order valence-electron chi connectivity index (χ3n) is 3.11. The van der Waals surface area contributed by atoms with Crippen LogP contribution >= 0.6 is 0 Å². The van der Waals surface area contributed by atoms with Gasteiger partial charge in [0.15, 0.2) is 0 Å². The Labute approximate surface area is 128 Å². The Bertz CT molecular complexity index is 889. The van der Waals surface area contributed by atoms with Gasteiger partial charge in [-0.3, -0.25) is 20.2 Å². The topological polar surface area (TPSA) is 126 Å². The highest BCUT2D eigenvalue weighted by atomic mass is 16.7. The minimum Gasteiger partial charge on any atom is -0.390 e. The van der Waals surface area contributed by atoms with E-state index in [9.17, 15) is 20.2 Å². The average molecular weight is 315 g/mol. The Morgan fingerprint density at radius 3 is 2.30 bits per heavy atom. The Kier molecular flexibility index (Phi) is 3.55. The lowest BCUT2D eigenvalue weighted by Crippen LogP contribution is -2.12. The molecule has 1 aromatic heterocycles. The molecule has 0 atom stereocenters. The summed E-state index contributed by atoms with van der Waals surface area (Å²) in [6, 6.07) is 9.96. The summed E-state index contributed by atoms with van der Waals surface area (Å²) in [7, 11) is 0. The molecule has 10 nitrogen and oxygen atoms in total. The molecule has 23 heavy (non-hydrogen) atoms. The second-order valence-electron chi connectivity index (χ2n) is 4.59. The molecule has 116 valence electrons. The van der Waals surface area contributed by atoms with Crippen LogP contribution in [0, 0.1) is 20.2 Å². The van der Waals surface area contributed by atoms with Crippen molar-refractivity contribution in [1.29, 1.82) is 0 Å². The average Bonchev–Trinajstić information content (AvgIpc) is 2.95. The number of nitrogens with zero attached hydrogens (tertiary/aromatic N) is 5. The van der Waals surface area contributed by atoms with Gasteiger partial charge in [-0.1, -0.05) is 4.85 Å². The van der Waals surface area contributed by atoms with Gasteiger partial charge in [0.2, 0.25) is 0 Å². The SMILES string of the molecule is O=[N+]([O-])c1ccc(COn2nnc3ccc([N+](=O)[O-])cc32)cc1. The van der Waals surface area contributed by atoms with Gasteiger partial charge in [-0.25, -0.2) is 0 Å². The fraction of sp³-hybridized carbons (Fsp3) is 0.0769. The minimum absolute atomic E-state index is 0.0180. The van der Waals surface area contributed by atoms with Gasteiger partial charge < -0.3 is 4.84 Å². The van der Waals surface area contributed by atoms with Crippen LogP contribution in [0.5, 0.6) is 0 Å². The van der Waals surface area contributed by atoms with Gasteiger partial charge in [0.1, 0.15) is 17.6 Å². The van der Waals surface area contributed by atoms with E-state index in [1.165, 1.54) is 30.3 Å². The van der Waals surface area contributed by atoms with Crippen LogP contribution in [-0.2, 0) is 6.61 Å². The van der Waals surface area contributed by atoms with E-state index in [2.05, 4.69) is 10.3 Å². The van der Waals surface area contributed by atoms with Crippen molar-refractivity contribution in [1.82, 2.24) is 15.2 Å². The minimum atomic E-state index is -0.521. The molecule has 0 fully saturated rings. The predicted octanol–water partition coefficient (Wildman–Crippen LogP) is 1.88. The first-order valence-corrected chi connectivity index (χ1v) is 6.41. The van der Waals surface area contributed by atoms with Crippen molar-refractivity contribution in [2.45, 2.75) is 6.61 Å². The molecule has 0 unspecified atom stereocenters. The smallest absolute Gasteiger partial charge is 0.271 e. The van der Waals surface area contributed by atoms with E-state index >= 15 is 0 Å². The summed E-state index contributed by atoms with van der Waals surface area (Å²) in [4.78, 5) is 26.9. The van der Waals surface area contributed by atoms with E-state index in [0.29, 0.717) is 16.6 Å². The molecular formula is C13H9N5O5. The molecule has 0 spiro atoms. The predicted molar refractivity (Wildman–Crippen MR) is 77.6 cm³/mol. The molecule has 0 saturated heterocycles. The fourth-order valence-electron chi connectivity index (χ4n) is 1.95. The van der Waals surface area contributed by atoms with E-state index in [1.54, 1.807) is 12.1 Å². The maximum Gasteiger partial charge on any atom is 0.271 e. The molecule has 2 aromatic carbocycles. The molecule has 0 N–H and O–H groups in total. The first-order chi connectivity index (χ1) is 11.0. The maximum absolute atomic E-state index is 10.8. The Balaban J connectivity index is 1.80. The summed E-state index contributed by atoms with van der Waals surface area (Å²) < 4.78 is 0. The number of hydrogen-bond donors (Lipinski definition) is 0. The summed E-state index contributed by atoms with van der Waals surface area (Å²) in [6.07, 6.45) is 0. The van der Waals surface area contributed by atoms with E-state index in [-0.39, 0.29) is 18.0 Å². The van der Waals surface area contributed by atoms with Gasteiger partial charge in [0, 0.05) is 24.3 Å². The first kappa shape index (κ1) is 14.4. The third-order valence-corrected chi connectivity index (χ3v) is 3.11. The molecule has 0 amide bonds. The van der Waals surface area contributed by atoms with Crippen molar-refractivity contribution in [3.05, 3.63) is 68.3 Å². The first-order valence-electron chi connectivity index (χ1n) is 6.41. The lowest BCUT2D eigenvalue weighted by Gasteiger charge is -2.05. The number of hydrogen-bond acceptors (Lipinski definition) is 7. The van der Waals surface area contributed by atoms with Gasteiger partial charge in [-0.15, -0.1) is 5.10 Å². The number of aromatic nitrogens is 3. The largest absolute Gasteiger partial charge is 0.390 e. The molecule has 0 saturated carbocycles. The van der Waals surface area contributed by atoms with E-state index in [4.69, 9.17) is 4.84 Å².